The van der Waals surface area contributed by atoms with Crippen molar-refractivity contribution in [3.05, 3.63) is 64.2 Å². The number of amides is 1. The molecule has 0 radical (unpaired) electrons. The van der Waals surface area contributed by atoms with E-state index in [0.717, 1.165) is 28.8 Å². The predicted octanol–water partition coefficient (Wildman–Crippen LogP) is 5.57. The topological polar surface area (TPSA) is 56.1 Å². The van der Waals surface area contributed by atoms with Crippen molar-refractivity contribution in [2.75, 3.05) is 17.3 Å². The number of anilines is 2. The fourth-order valence-corrected chi connectivity index (χ4v) is 4.08. The van der Waals surface area contributed by atoms with Crippen LogP contribution in [-0.2, 0) is 4.79 Å². The van der Waals surface area contributed by atoms with Crippen molar-refractivity contribution in [2.24, 2.45) is 0 Å². The predicted molar refractivity (Wildman–Crippen MR) is 120 cm³/mol. The molecule has 1 unspecified atom stereocenters. The maximum Gasteiger partial charge on any atom is 0.266 e. The maximum absolute atomic E-state index is 12.7. The summed E-state index contributed by atoms with van der Waals surface area (Å²) in [6.45, 7) is 10.7. The number of nitriles is 1. The first-order chi connectivity index (χ1) is 13.6. The highest BCUT2D eigenvalue weighted by Crippen LogP contribution is 2.42. The molecule has 4 heteroatoms. The van der Waals surface area contributed by atoms with Crippen LogP contribution in [0.3, 0.4) is 0 Å². The second-order valence-corrected chi connectivity index (χ2v) is 8.67. The van der Waals surface area contributed by atoms with Crippen LogP contribution in [0.5, 0.6) is 0 Å². The number of benzene rings is 2. The molecule has 4 nitrogen and oxygen atoms in total. The Morgan fingerprint density at radius 3 is 2.69 bits per heavy atom. The van der Waals surface area contributed by atoms with E-state index in [2.05, 4.69) is 56.2 Å². The average molecular weight is 388 g/mol. The lowest BCUT2D eigenvalue weighted by Crippen LogP contribution is -2.45. The molecule has 1 heterocycles. The summed E-state index contributed by atoms with van der Waals surface area (Å²) in [6.07, 6.45) is 2.73. The molecule has 0 bridgehead atoms. The lowest BCUT2D eigenvalue weighted by molar-refractivity contribution is -0.112. The van der Waals surface area contributed by atoms with Gasteiger partial charge >= 0.3 is 0 Å². The zero-order valence-electron chi connectivity index (χ0n) is 18.1. The van der Waals surface area contributed by atoms with E-state index in [1.807, 2.05) is 38.1 Å². The lowest BCUT2D eigenvalue weighted by Gasteiger charge is -2.45. The van der Waals surface area contributed by atoms with Crippen molar-refractivity contribution in [1.82, 2.24) is 0 Å². The van der Waals surface area contributed by atoms with Gasteiger partial charge in [0.05, 0.1) is 0 Å². The minimum Gasteiger partial charge on any atom is -0.369 e. The van der Waals surface area contributed by atoms with Crippen LogP contribution in [0, 0.1) is 25.2 Å². The molecule has 29 heavy (non-hydrogen) atoms. The molecule has 0 fully saturated rings. The summed E-state index contributed by atoms with van der Waals surface area (Å²) in [5.74, 6) is 0.0316. The number of aryl methyl sites for hydroxylation is 1. The van der Waals surface area contributed by atoms with E-state index in [1.54, 1.807) is 6.08 Å². The summed E-state index contributed by atoms with van der Waals surface area (Å²) in [5, 5.41) is 12.4. The Morgan fingerprint density at radius 2 is 2.00 bits per heavy atom. The van der Waals surface area contributed by atoms with Gasteiger partial charge in [0.1, 0.15) is 11.6 Å². The number of fused-ring (bicyclic) bond motifs is 1. The van der Waals surface area contributed by atoms with E-state index in [9.17, 15) is 10.1 Å². The number of hydrogen-bond donors (Lipinski definition) is 1. The van der Waals surface area contributed by atoms with Gasteiger partial charge in [-0.3, -0.25) is 4.79 Å². The molecule has 0 aliphatic carbocycles. The highest BCUT2D eigenvalue weighted by Gasteiger charge is 2.33. The Bertz CT molecular complexity index is 1030. The molecule has 0 spiro atoms. The molecule has 0 aromatic heterocycles. The molecule has 1 amide bonds. The molecule has 150 valence electrons. The van der Waals surface area contributed by atoms with Crippen molar-refractivity contribution in [3.63, 3.8) is 0 Å². The van der Waals surface area contributed by atoms with Gasteiger partial charge in [0.15, 0.2) is 0 Å². The third-order valence-electron chi connectivity index (χ3n) is 6.19. The summed E-state index contributed by atoms with van der Waals surface area (Å²) in [5.41, 5.74) is 6.38. The lowest BCUT2D eigenvalue weighted by atomic mass is 9.80. The smallest absolute Gasteiger partial charge is 0.266 e. The second kappa shape index (κ2) is 7.75. The van der Waals surface area contributed by atoms with Crippen LogP contribution in [0.4, 0.5) is 11.4 Å². The largest absolute Gasteiger partial charge is 0.369 e. The van der Waals surface area contributed by atoms with Crippen molar-refractivity contribution in [1.29, 1.82) is 5.26 Å². The van der Waals surface area contributed by atoms with Crippen molar-refractivity contribution < 1.29 is 4.79 Å². The number of carbonyl (C=O) groups is 1. The van der Waals surface area contributed by atoms with Crippen LogP contribution >= 0.6 is 0 Å². The standard InChI is InChI=1S/C25H29N3O/c1-16-8-7-9-22(18(16)3)27-24(29)20(15-26)12-19-10-11-23-21(13-19)17(2)14-25(4,5)28(23)6/h7-13,17H,14H2,1-6H3,(H,27,29)/b20-12+. The second-order valence-electron chi connectivity index (χ2n) is 8.67. The third-order valence-corrected chi connectivity index (χ3v) is 6.19. The van der Waals surface area contributed by atoms with Crippen molar-refractivity contribution >= 4 is 23.4 Å². The van der Waals surface area contributed by atoms with Gasteiger partial charge < -0.3 is 10.2 Å². The molecule has 1 atom stereocenters. The summed E-state index contributed by atoms with van der Waals surface area (Å²) in [6, 6.07) is 14.0. The molecule has 1 aliphatic rings. The first-order valence-corrected chi connectivity index (χ1v) is 10.0. The van der Waals surface area contributed by atoms with Gasteiger partial charge in [-0.15, -0.1) is 0 Å². The monoisotopic (exact) mass is 387 g/mol. The van der Waals surface area contributed by atoms with Gasteiger partial charge in [0.25, 0.3) is 5.91 Å². The van der Waals surface area contributed by atoms with E-state index in [0.29, 0.717) is 5.92 Å². The van der Waals surface area contributed by atoms with Gasteiger partial charge in [0.2, 0.25) is 0 Å². The van der Waals surface area contributed by atoms with Crippen molar-refractivity contribution in [3.8, 4) is 6.07 Å². The van der Waals surface area contributed by atoms with Crippen molar-refractivity contribution in [2.45, 2.75) is 52.5 Å². The maximum atomic E-state index is 12.7. The SMILES string of the molecule is Cc1cccc(NC(=O)/C(C#N)=C/c2ccc3c(c2)C(C)CC(C)(C)N3C)c1C. The number of nitrogens with one attached hydrogen (secondary N) is 1. The molecule has 2 aromatic carbocycles. The Hall–Kier alpha value is -3.06. The van der Waals surface area contributed by atoms with E-state index >= 15 is 0 Å². The van der Waals surface area contributed by atoms with Crippen LogP contribution in [0.25, 0.3) is 6.08 Å². The van der Waals surface area contributed by atoms with Crippen LogP contribution < -0.4 is 10.2 Å². The zero-order valence-corrected chi connectivity index (χ0v) is 18.1. The molecule has 2 aromatic rings. The number of rotatable bonds is 3. The first kappa shape index (κ1) is 20.7. The summed E-state index contributed by atoms with van der Waals surface area (Å²) in [4.78, 5) is 15.0. The molecule has 3 rings (SSSR count). The Labute approximate surface area is 173 Å². The van der Waals surface area contributed by atoms with Gasteiger partial charge in [-0.1, -0.05) is 25.1 Å². The molecule has 0 saturated heterocycles. The number of nitrogens with zero attached hydrogens (tertiary/aromatic N) is 2. The minimum absolute atomic E-state index is 0.100. The van der Waals surface area contributed by atoms with Gasteiger partial charge in [0, 0.05) is 24.0 Å². The van der Waals surface area contributed by atoms with E-state index in [-0.39, 0.29) is 17.0 Å². The first-order valence-electron chi connectivity index (χ1n) is 10.0. The normalized spacial score (nSPS) is 18.0. The third kappa shape index (κ3) is 4.05. The Morgan fingerprint density at radius 1 is 1.28 bits per heavy atom. The summed E-state index contributed by atoms with van der Waals surface area (Å²) < 4.78 is 0. The fraction of sp³-hybridized carbons (Fsp3) is 0.360. The van der Waals surface area contributed by atoms with Gasteiger partial charge in [-0.05, 0) is 86.6 Å². The summed E-state index contributed by atoms with van der Waals surface area (Å²) >= 11 is 0. The Balaban J connectivity index is 1.90. The zero-order chi connectivity index (χ0) is 21.3. The summed E-state index contributed by atoms with van der Waals surface area (Å²) in [7, 11) is 2.12. The van der Waals surface area contributed by atoms with Crippen LogP contribution in [-0.4, -0.2) is 18.5 Å². The molecular formula is C25H29N3O. The Kier molecular flexibility index (Phi) is 5.53. The van der Waals surface area contributed by atoms with Crippen LogP contribution in [0.2, 0.25) is 0 Å². The number of hydrogen-bond acceptors (Lipinski definition) is 3. The minimum atomic E-state index is -0.384. The van der Waals surface area contributed by atoms with E-state index in [4.69, 9.17) is 0 Å². The van der Waals surface area contributed by atoms with Gasteiger partial charge in [-0.25, -0.2) is 0 Å². The highest BCUT2D eigenvalue weighted by atomic mass is 16.1. The molecule has 1 aliphatic heterocycles. The van der Waals surface area contributed by atoms with E-state index < -0.39 is 0 Å². The quantitative estimate of drug-likeness (QED) is 0.553. The van der Waals surface area contributed by atoms with Gasteiger partial charge in [-0.2, -0.15) is 5.26 Å². The van der Waals surface area contributed by atoms with Crippen LogP contribution in [0.1, 0.15) is 55.4 Å². The molecular weight excluding hydrogens is 358 g/mol. The van der Waals surface area contributed by atoms with Crippen LogP contribution in [0.15, 0.2) is 42.0 Å². The highest BCUT2D eigenvalue weighted by molar-refractivity contribution is 6.10. The molecule has 1 N–H and O–H groups in total. The number of carbonyl (C=O) groups excluding carboxylic acids is 1. The van der Waals surface area contributed by atoms with E-state index in [1.165, 1.54) is 11.3 Å². The molecule has 0 saturated carbocycles. The fourth-order valence-electron chi connectivity index (χ4n) is 4.08. The average Bonchev–Trinajstić information content (AvgIpc) is 2.67.